The molecule has 2 rings (SSSR count). The summed E-state index contributed by atoms with van der Waals surface area (Å²) in [5.74, 6) is -0.183. The monoisotopic (exact) mass is 291 g/mol. The van der Waals surface area contributed by atoms with Crippen LogP contribution in [0, 0.1) is 0 Å². The van der Waals surface area contributed by atoms with Crippen LogP contribution in [-0.2, 0) is 14.3 Å². The Morgan fingerprint density at radius 1 is 1.33 bits per heavy atom. The van der Waals surface area contributed by atoms with E-state index in [9.17, 15) is 4.79 Å². The van der Waals surface area contributed by atoms with Crippen LogP contribution in [0.3, 0.4) is 0 Å². The molecule has 0 saturated carbocycles. The normalized spacial score (nSPS) is 28.9. The van der Waals surface area contributed by atoms with E-state index in [1.165, 1.54) is 0 Å². The molecule has 21 heavy (non-hydrogen) atoms. The Balaban J connectivity index is 2.28. The smallest absolute Gasteiger partial charge is 0.331 e. The minimum atomic E-state index is -0.708. The molecule has 2 unspecified atom stereocenters. The van der Waals surface area contributed by atoms with Gasteiger partial charge in [-0.3, -0.25) is 0 Å². The summed E-state index contributed by atoms with van der Waals surface area (Å²) in [6, 6.07) is 9.82. The number of rotatable bonds is 5. The standard InChI is InChI=1S/C17H25NO3/c1-4-16(3)13-17(11-12-21-16,15(19)20-5-2)18-14-9-7-6-8-10-14/h6-10,18H,4-5,11-13H2,1-3H3. The van der Waals surface area contributed by atoms with Gasteiger partial charge < -0.3 is 14.8 Å². The van der Waals surface area contributed by atoms with E-state index in [-0.39, 0.29) is 11.6 Å². The fourth-order valence-electron chi connectivity index (χ4n) is 2.88. The maximum atomic E-state index is 12.6. The predicted molar refractivity (Wildman–Crippen MR) is 83.3 cm³/mol. The second kappa shape index (κ2) is 6.48. The predicted octanol–water partition coefficient (Wildman–Crippen LogP) is 3.38. The Morgan fingerprint density at radius 3 is 2.67 bits per heavy atom. The molecule has 1 N–H and O–H groups in total. The van der Waals surface area contributed by atoms with E-state index < -0.39 is 5.54 Å². The van der Waals surface area contributed by atoms with Crippen LogP contribution in [0.2, 0.25) is 0 Å². The van der Waals surface area contributed by atoms with E-state index in [4.69, 9.17) is 9.47 Å². The zero-order valence-electron chi connectivity index (χ0n) is 13.1. The third-order valence-corrected chi connectivity index (χ3v) is 4.23. The second-order valence-electron chi connectivity index (χ2n) is 5.87. The molecule has 4 heteroatoms. The molecule has 0 aliphatic carbocycles. The lowest BCUT2D eigenvalue weighted by Crippen LogP contribution is -2.57. The largest absolute Gasteiger partial charge is 0.464 e. The zero-order valence-corrected chi connectivity index (χ0v) is 13.1. The lowest BCUT2D eigenvalue weighted by atomic mass is 9.79. The van der Waals surface area contributed by atoms with Gasteiger partial charge in [0.2, 0.25) is 0 Å². The Hall–Kier alpha value is -1.55. The van der Waals surface area contributed by atoms with Crippen LogP contribution in [0.5, 0.6) is 0 Å². The molecule has 1 aliphatic heterocycles. The van der Waals surface area contributed by atoms with Crippen LogP contribution in [-0.4, -0.2) is 30.3 Å². The summed E-state index contributed by atoms with van der Waals surface area (Å²) in [5.41, 5.74) is -0.0708. The zero-order chi connectivity index (χ0) is 15.3. The minimum Gasteiger partial charge on any atom is -0.464 e. The summed E-state index contributed by atoms with van der Waals surface area (Å²) in [6.45, 7) is 6.94. The van der Waals surface area contributed by atoms with Crippen molar-refractivity contribution < 1.29 is 14.3 Å². The quantitative estimate of drug-likeness (QED) is 0.845. The van der Waals surface area contributed by atoms with Crippen molar-refractivity contribution in [1.29, 1.82) is 0 Å². The summed E-state index contributed by atoms with van der Waals surface area (Å²) in [5, 5.41) is 3.41. The van der Waals surface area contributed by atoms with Crippen LogP contribution < -0.4 is 5.32 Å². The molecular weight excluding hydrogens is 266 g/mol. The van der Waals surface area contributed by atoms with E-state index in [2.05, 4.69) is 19.2 Å². The number of nitrogens with one attached hydrogen (secondary N) is 1. The van der Waals surface area contributed by atoms with Crippen molar-refractivity contribution in [2.24, 2.45) is 0 Å². The first-order chi connectivity index (χ1) is 10.0. The summed E-state index contributed by atoms with van der Waals surface area (Å²) in [4.78, 5) is 12.6. The molecule has 0 amide bonds. The van der Waals surface area contributed by atoms with Crippen LogP contribution in [0.25, 0.3) is 0 Å². The number of esters is 1. The molecule has 0 bridgehead atoms. The SMILES string of the molecule is CCOC(=O)C1(Nc2ccccc2)CCOC(C)(CC)C1. The molecule has 0 aromatic heterocycles. The van der Waals surface area contributed by atoms with E-state index in [0.717, 1.165) is 12.1 Å². The van der Waals surface area contributed by atoms with Crippen molar-refractivity contribution in [3.05, 3.63) is 30.3 Å². The molecule has 116 valence electrons. The van der Waals surface area contributed by atoms with Crippen molar-refractivity contribution in [2.45, 2.75) is 51.2 Å². The maximum Gasteiger partial charge on any atom is 0.331 e. The van der Waals surface area contributed by atoms with Gasteiger partial charge in [-0.2, -0.15) is 0 Å². The number of ether oxygens (including phenoxy) is 2. The van der Waals surface area contributed by atoms with Gasteiger partial charge in [0, 0.05) is 18.5 Å². The first kappa shape index (κ1) is 15.8. The molecule has 1 fully saturated rings. The van der Waals surface area contributed by atoms with Crippen molar-refractivity contribution in [1.82, 2.24) is 0 Å². The molecule has 1 aliphatic rings. The molecule has 0 spiro atoms. The molecular formula is C17H25NO3. The van der Waals surface area contributed by atoms with Crippen LogP contribution >= 0.6 is 0 Å². The Kier molecular flexibility index (Phi) is 4.88. The molecule has 1 heterocycles. The highest BCUT2D eigenvalue weighted by atomic mass is 16.5. The van der Waals surface area contributed by atoms with Gasteiger partial charge in [-0.15, -0.1) is 0 Å². The summed E-state index contributed by atoms with van der Waals surface area (Å²) < 4.78 is 11.2. The number of carbonyl (C=O) groups excluding carboxylic acids is 1. The van der Waals surface area contributed by atoms with E-state index in [1.54, 1.807) is 0 Å². The highest BCUT2D eigenvalue weighted by Crippen LogP contribution is 2.37. The van der Waals surface area contributed by atoms with E-state index in [0.29, 0.717) is 26.1 Å². The van der Waals surface area contributed by atoms with Crippen molar-refractivity contribution in [3.63, 3.8) is 0 Å². The van der Waals surface area contributed by atoms with Gasteiger partial charge in [0.1, 0.15) is 5.54 Å². The fraction of sp³-hybridized carbons (Fsp3) is 0.588. The molecule has 1 aromatic carbocycles. The molecule has 1 aromatic rings. The average molecular weight is 291 g/mol. The van der Waals surface area contributed by atoms with Crippen LogP contribution in [0.1, 0.15) is 40.0 Å². The number of para-hydroxylation sites is 1. The topological polar surface area (TPSA) is 47.6 Å². The fourth-order valence-corrected chi connectivity index (χ4v) is 2.88. The molecule has 0 radical (unpaired) electrons. The minimum absolute atomic E-state index is 0.183. The molecule has 4 nitrogen and oxygen atoms in total. The van der Waals surface area contributed by atoms with Gasteiger partial charge in [0.15, 0.2) is 0 Å². The van der Waals surface area contributed by atoms with Crippen LogP contribution in [0.15, 0.2) is 30.3 Å². The maximum absolute atomic E-state index is 12.6. The van der Waals surface area contributed by atoms with Crippen molar-refractivity contribution >= 4 is 11.7 Å². The summed E-state index contributed by atoms with van der Waals surface area (Å²) in [6.07, 6.45) is 2.10. The third-order valence-electron chi connectivity index (χ3n) is 4.23. The number of hydrogen-bond acceptors (Lipinski definition) is 4. The lowest BCUT2D eigenvalue weighted by Gasteiger charge is -2.45. The van der Waals surface area contributed by atoms with Crippen molar-refractivity contribution in [2.75, 3.05) is 18.5 Å². The number of carbonyl (C=O) groups is 1. The van der Waals surface area contributed by atoms with Crippen molar-refractivity contribution in [3.8, 4) is 0 Å². The molecule has 2 atom stereocenters. The van der Waals surface area contributed by atoms with Crippen LogP contribution in [0.4, 0.5) is 5.69 Å². The first-order valence-electron chi connectivity index (χ1n) is 7.68. The highest BCUT2D eigenvalue weighted by molar-refractivity contribution is 5.85. The van der Waals surface area contributed by atoms with Gasteiger partial charge in [0.05, 0.1) is 18.8 Å². The van der Waals surface area contributed by atoms with Gasteiger partial charge in [-0.05, 0) is 32.4 Å². The highest BCUT2D eigenvalue weighted by Gasteiger charge is 2.48. The summed E-state index contributed by atoms with van der Waals surface area (Å²) in [7, 11) is 0. The summed E-state index contributed by atoms with van der Waals surface area (Å²) >= 11 is 0. The molecule has 1 saturated heterocycles. The Morgan fingerprint density at radius 2 is 2.05 bits per heavy atom. The lowest BCUT2D eigenvalue weighted by molar-refractivity contribution is -0.160. The van der Waals surface area contributed by atoms with E-state index in [1.807, 2.05) is 37.3 Å². The van der Waals surface area contributed by atoms with Gasteiger partial charge in [0.25, 0.3) is 0 Å². The van der Waals surface area contributed by atoms with Gasteiger partial charge in [-0.25, -0.2) is 4.79 Å². The second-order valence-corrected chi connectivity index (χ2v) is 5.87. The Labute approximate surface area is 126 Å². The van der Waals surface area contributed by atoms with Gasteiger partial charge >= 0.3 is 5.97 Å². The number of anilines is 1. The first-order valence-corrected chi connectivity index (χ1v) is 7.68. The number of benzene rings is 1. The third kappa shape index (κ3) is 3.56. The average Bonchev–Trinajstić information content (AvgIpc) is 2.48. The van der Waals surface area contributed by atoms with Gasteiger partial charge in [-0.1, -0.05) is 25.1 Å². The number of hydrogen-bond donors (Lipinski definition) is 1. The van der Waals surface area contributed by atoms with E-state index >= 15 is 0 Å². The Bertz CT molecular complexity index is 476.